The minimum Gasteiger partial charge on any atom is -0.342 e. The van der Waals surface area contributed by atoms with Crippen LogP contribution >= 0.6 is 34.4 Å². The molecule has 0 bridgehead atoms. The van der Waals surface area contributed by atoms with Crippen LogP contribution in [0.25, 0.3) is 20.7 Å². The zero-order chi connectivity index (χ0) is 21.3. The molecular formula is C22H25N3O2S3. The summed E-state index contributed by atoms with van der Waals surface area (Å²) >= 11 is 4.46. The van der Waals surface area contributed by atoms with Crippen LogP contribution in [-0.4, -0.2) is 38.7 Å². The van der Waals surface area contributed by atoms with Gasteiger partial charge in [-0.1, -0.05) is 30.8 Å². The largest absolute Gasteiger partial charge is 0.342 e. The van der Waals surface area contributed by atoms with E-state index < -0.39 is 0 Å². The summed E-state index contributed by atoms with van der Waals surface area (Å²) in [5.41, 5.74) is 0.863. The van der Waals surface area contributed by atoms with E-state index >= 15 is 0 Å². The van der Waals surface area contributed by atoms with Gasteiger partial charge in [0.2, 0.25) is 5.91 Å². The zero-order valence-corrected chi connectivity index (χ0v) is 19.6. The zero-order valence-electron chi connectivity index (χ0n) is 17.2. The lowest BCUT2D eigenvalue weighted by Gasteiger charge is -2.32. The van der Waals surface area contributed by atoms with Crippen LogP contribution in [0.3, 0.4) is 0 Å². The van der Waals surface area contributed by atoms with E-state index in [0.29, 0.717) is 23.0 Å². The third-order valence-electron chi connectivity index (χ3n) is 5.48. The lowest BCUT2D eigenvalue weighted by atomic mass is 9.99. The molecule has 0 radical (unpaired) electrons. The smallest absolute Gasteiger partial charge is 0.263 e. The van der Waals surface area contributed by atoms with Gasteiger partial charge in [0.15, 0.2) is 5.16 Å². The number of allylic oxidation sites excluding steroid dienone is 1. The van der Waals surface area contributed by atoms with Gasteiger partial charge in [-0.15, -0.1) is 29.3 Å². The molecule has 3 aromatic rings. The SMILES string of the molecule is C=CCn1c(SC(C)C(=O)N2CCC(C)CC2)nc2scc(-c3cccs3)c2c1=O. The number of aromatic nitrogens is 2. The molecule has 1 aliphatic rings. The number of hydrogen-bond donors (Lipinski definition) is 0. The molecule has 1 amide bonds. The maximum absolute atomic E-state index is 13.4. The molecule has 1 aliphatic heterocycles. The molecule has 5 nitrogen and oxygen atoms in total. The molecule has 0 aliphatic carbocycles. The number of likely N-dealkylation sites (tertiary alicyclic amines) is 1. The Balaban J connectivity index is 1.67. The van der Waals surface area contributed by atoms with Crippen molar-refractivity contribution in [3.8, 4) is 10.4 Å². The number of hydrogen-bond acceptors (Lipinski definition) is 6. The Morgan fingerprint density at radius 3 is 2.83 bits per heavy atom. The van der Waals surface area contributed by atoms with Crippen LogP contribution < -0.4 is 5.56 Å². The van der Waals surface area contributed by atoms with Gasteiger partial charge in [-0.2, -0.15) is 0 Å². The van der Waals surface area contributed by atoms with E-state index in [1.165, 1.54) is 23.1 Å². The van der Waals surface area contributed by atoms with Gasteiger partial charge in [0.05, 0.1) is 10.6 Å². The quantitative estimate of drug-likeness (QED) is 0.292. The van der Waals surface area contributed by atoms with Crippen LogP contribution in [0.2, 0.25) is 0 Å². The molecule has 3 aromatic heterocycles. The van der Waals surface area contributed by atoms with Gasteiger partial charge in [0.25, 0.3) is 5.56 Å². The van der Waals surface area contributed by atoms with Gasteiger partial charge in [-0.05, 0) is 37.1 Å². The highest BCUT2D eigenvalue weighted by Crippen LogP contribution is 2.35. The molecule has 4 heterocycles. The van der Waals surface area contributed by atoms with Crippen molar-refractivity contribution in [3.05, 3.63) is 45.9 Å². The van der Waals surface area contributed by atoms with Crippen molar-refractivity contribution in [2.75, 3.05) is 13.1 Å². The topological polar surface area (TPSA) is 55.2 Å². The third kappa shape index (κ3) is 4.13. The molecule has 1 atom stereocenters. The van der Waals surface area contributed by atoms with E-state index in [9.17, 15) is 9.59 Å². The van der Waals surface area contributed by atoms with Gasteiger partial charge in [-0.3, -0.25) is 14.2 Å². The van der Waals surface area contributed by atoms with Crippen molar-refractivity contribution in [3.63, 3.8) is 0 Å². The Hall–Kier alpha value is -1.90. The minimum absolute atomic E-state index is 0.0708. The fourth-order valence-corrected chi connectivity index (χ4v) is 6.50. The second-order valence-electron chi connectivity index (χ2n) is 7.67. The Labute approximate surface area is 188 Å². The molecule has 4 rings (SSSR count). The molecular weight excluding hydrogens is 434 g/mol. The minimum atomic E-state index is -0.296. The third-order valence-corrected chi connectivity index (χ3v) is 8.34. The van der Waals surface area contributed by atoms with E-state index in [1.807, 2.05) is 34.7 Å². The summed E-state index contributed by atoms with van der Waals surface area (Å²) in [6, 6.07) is 4.00. The van der Waals surface area contributed by atoms with Gasteiger partial charge < -0.3 is 4.90 Å². The number of carbonyl (C=O) groups excluding carboxylic acids is 1. The van der Waals surface area contributed by atoms with Crippen molar-refractivity contribution in [1.82, 2.24) is 14.5 Å². The number of piperidine rings is 1. The summed E-state index contributed by atoms with van der Waals surface area (Å²) in [5, 5.41) is 4.94. The fraction of sp³-hybridized carbons (Fsp3) is 0.409. The van der Waals surface area contributed by atoms with Crippen LogP contribution in [0.1, 0.15) is 26.7 Å². The molecule has 0 N–H and O–H groups in total. The van der Waals surface area contributed by atoms with Crippen LogP contribution in [0.15, 0.2) is 45.5 Å². The summed E-state index contributed by atoms with van der Waals surface area (Å²) in [5.74, 6) is 0.798. The number of fused-ring (bicyclic) bond motifs is 1. The molecule has 1 saturated heterocycles. The maximum atomic E-state index is 13.4. The standard InChI is InChI=1S/C22H25N3O2S3/c1-4-9-25-21(27)18-16(17-6-5-12-28-17)13-29-19(18)23-22(25)30-15(3)20(26)24-10-7-14(2)8-11-24/h4-6,12-15H,1,7-11H2,2-3H3. The molecule has 1 fully saturated rings. The van der Waals surface area contributed by atoms with Crippen LogP contribution in [-0.2, 0) is 11.3 Å². The van der Waals surface area contributed by atoms with Crippen LogP contribution in [0.5, 0.6) is 0 Å². The van der Waals surface area contributed by atoms with Gasteiger partial charge >= 0.3 is 0 Å². The number of amides is 1. The Morgan fingerprint density at radius 2 is 2.17 bits per heavy atom. The average Bonchev–Trinajstić information content (AvgIpc) is 3.40. The Morgan fingerprint density at radius 1 is 1.40 bits per heavy atom. The van der Waals surface area contributed by atoms with Crippen LogP contribution in [0, 0.1) is 5.92 Å². The van der Waals surface area contributed by atoms with Crippen molar-refractivity contribution in [2.24, 2.45) is 5.92 Å². The first-order valence-electron chi connectivity index (χ1n) is 10.1. The van der Waals surface area contributed by atoms with Crippen molar-refractivity contribution < 1.29 is 4.79 Å². The second kappa shape index (κ2) is 9.08. The number of nitrogens with zero attached hydrogens (tertiary/aromatic N) is 3. The molecule has 8 heteroatoms. The Bertz CT molecular complexity index is 1110. The molecule has 1 unspecified atom stereocenters. The highest BCUT2D eigenvalue weighted by Gasteiger charge is 2.27. The molecule has 158 valence electrons. The lowest BCUT2D eigenvalue weighted by Crippen LogP contribution is -2.42. The monoisotopic (exact) mass is 459 g/mol. The Kier molecular flexibility index (Phi) is 6.46. The van der Waals surface area contributed by atoms with E-state index in [0.717, 1.165) is 41.2 Å². The molecule has 0 aromatic carbocycles. The first-order valence-corrected chi connectivity index (χ1v) is 12.8. The van der Waals surface area contributed by atoms with Crippen molar-refractivity contribution >= 4 is 50.6 Å². The number of carbonyl (C=O) groups is 1. The maximum Gasteiger partial charge on any atom is 0.263 e. The number of rotatable bonds is 6. The van der Waals surface area contributed by atoms with E-state index in [4.69, 9.17) is 4.98 Å². The summed E-state index contributed by atoms with van der Waals surface area (Å²) in [7, 11) is 0. The van der Waals surface area contributed by atoms with Crippen molar-refractivity contribution in [1.29, 1.82) is 0 Å². The molecule has 0 spiro atoms. The summed E-state index contributed by atoms with van der Waals surface area (Å²) < 4.78 is 1.64. The number of thioether (sulfide) groups is 1. The number of thiophene rings is 2. The van der Waals surface area contributed by atoms with Gasteiger partial charge in [0.1, 0.15) is 4.83 Å². The highest BCUT2D eigenvalue weighted by molar-refractivity contribution is 8.00. The van der Waals surface area contributed by atoms with Gasteiger partial charge in [-0.25, -0.2) is 4.98 Å². The predicted octanol–water partition coefficient (Wildman–Crippen LogP) is 5.11. The molecule has 30 heavy (non-hydrogen) atoms. The normalized spacial score (nSPS) is 16.1. The second-order valence-corrected chi connectivity index (χ2v) is 10.8. The molecule has 0 saturated carbocycles. The predicted molar refractivity (Wildman–Crippen MR) is 128 cm³/mol. The fourth-order valence-electron chi connectivity index (χ4n) is 3.69. The summed E-state index contributed by atoms with van der Waals surface area (Å²) in [4.78, 5) is 34.9. The van der Waals surface area contributed by atoms with Crippen LogP contribution in [0.4, 0.5) is 0 Å². The van der Waals surface area contributed by atoms with Gasteiger partial charge in [0, 0.05) is 35.5 Å². The van der Waals surface area contributed by atoms with E-state index in [-0.39, 0.29) is 16.7 Å². The lowest BCUT2D eigenvalue weighted by molar-refractivity contribution is -0.131. The summed E-state index contributed by atoms with van der Waals surface area (Å²) in [6.07, 6.45) is 3.80. The first kappa shape index (κ1) is 21.3. The van der Waals surface area contributed by atoms with Crippen molar-refractivity contribution in [2.45, 2.75) is 43.6 Å². The van der Waals surface area contributed by atoms with E-state index in [1.54, 1.807) is 22.0 Å². The summed E-state index contributed by atoms with van der Waals surface area (Å²) in [6.45, 7) is 9.94. The highest BCUT2D eigenvalue weighted by atomic mass is 32.2. The van der Waals surface area contributed by atoms with E-state index in [2.05, 4.69) is 13.5 Å². The first-order chi connectivity index (χ1) is 14.5. The average molecular weight is 460 g/mol.